The molecule has 8 heteroatoms. The number of anilines is 1. The summed E-state index contributed by atoms with van der Waals surface area (Å²) in [5, 5.41) is 18.7. The maximum atomic E-state index is 13.0. The molecule has 1 amide bonds. The van der Waals surface area contributed by atoms with Crippen molar-refractivity contribution in [3.8, 4) is 5.69 Å². The van der Waals surface area contributed by atoms with E-state index in [2.05, 4.69) is 58.5 Å². The lowest BCUT2D eigenvalue weighted by atomic mass is 9.97. The van der Waals surface area contributed by atoms with E-state index in [-0.39, 0.29) is 11.8 Å². The molecule has 1 fully saturated rings. The Hall–Kier alpha value is -3.45. The monoisotopic (exact) mass is 488 g/mol. The molecule has 3 heterocycles. The molecule has 0 aliphatic carbocycles. The van der Waals surface area contributed by atoms with E-state index in [9.17, 15) is 4.79 Å². The third-order valence-electron chi connectivity index (χ3n) is 6.77. The Morgan fingerprint density at radius 2 is 1.86 bits per heavy atom. The van der Waals surface area contributed by atoms with E-state index in [4.69, 9.17) is 16.7 Å². The van der Waals surface area contributed by atoms with Gasteiger partial charge in [0, 0.05) is 24.7 Å². The molecule has 1 N–H and O–H groups in total. The normalized spacial score (nSPS) is 16.0. The van der Waals surface area contributed by atoms with Crippen LogP contribution in [-0.4, -0.2) is 39.0 Å². The molecule has 2 aromatic carbocycles. The first kappa shape index (κ1) is 23.3. The first-order chi connectivity index (χ1) is 16.9. The fraction of sp³-hybridized carbons (Fsp3) is 0.333. The lowest BCUT2D eigenvalue weighted by molar-refractivity contribution is -0.125. The zero-order valence-corrected chi connectivity index (χ0v) is 21.0. The van der Waals surface area contributed by atoms with E-state index in [0.29, 0.717) is 18.1 Å². The maximum absolute atomic E-state index is 13.0. The number of aryl methyl sites for hydroxylation is 3. The van der Waals surface area contributed by atoms with Crippen LogP contribution in [0, 0.1) is 26.7 Å². The van der Waals surface area contributed by atoms with Crippen molar-refractivity contribution < 1.29 is 4.79 Å². The van der Waals surface area contributed by atoms with Gasteiger partial charge in [-0.2, -0.15) is 10.2 Å². The van der Waals surface area contributed by atoms with Crippen molar-refractivity contribution in [1.29, 1.82) is 0 Å². The zero-order chi connectivity index (χ0) is 24.5. The van der Waals surface area contributed by atoms with Crippen LogP contribution < -0.4 is 10.2 Å². The number of rotatable bonds is 5. The molecule has 180 valence electrons. The standard InChI is InChI=1S/C27H29ClN6O/c1-17-10-12-22(13-11-17)34-19(3)24-18(2)30-31-26(25(24)32-34)33-14-6-8-21(16-33)27(35)29-15-20-7-4-5-9-23(20)28/h4-5,7,9-13,21H,6,8,14-16H2,1-3H3,(H,29,35)/t21-/m1/s1. The van der Waals surface area contributed by atoms with E-state index in [0.717, 1.165) is 58.7 Å². The minimum atomic E-state index is -0.135. The lowest BCUT2D eigenvalue weighted by Crippen LogP contribution is -2.43. The molecular weight excluding hydrogens is 460 g/mol. The highest BCUT2D eigenvalue weighted by Crippen LogP contribution is 2.31. The molecule has 1 aliphatic rings. The molecule has 0 spiro atoms. The van der Waals surface area contributed by atoms with Crippen LogP contribution in [-0.2, 0) is 11.3 Å². The minimum Gasteiger partial charge on any atom is -0.352 e. The van der Waals surface area contributed by atoms with Gasteiger partial charge in [0.2, 0.25) is 5.91 Å². The van der Waals surface area contributed by atoms with E-state index in [1.54, 1.807) is 0 Å². The van der Waals surface area contributed by atoms with Gasteiger partial charge in [-0.15, -0.1) is 5.10 Å². The molecule has 35 heavy (non-hydrogen) atoms. The molecule has 0 unspecified atom stereocenters. The molecule has 4 aromatic rings. The van der Waals surface area contributed by atoms with Gasteiger partial charge in [-0.05, 0) is 57.4 Å². The lowest BCUT2D eigenvalue weighted by Gasteiger charge is -2.32. The molecule has 0 bridgehead atoms. The van der Waals surface area contributed by atoms with Gasteiger partial charge in [0.1, 0.15) is 5.52 Å². The largest absolute Gasteiger partial charge is 0.352 e. The second-order valence-electron chi connectivity index (χ2n) is 9.26. The van der Waals surface area contributed by atoms with E-state index in [1.807, 2.05) is 35.9 Å². The Bertz CT molecular complexity index is 1380. The molecule has 0 saturated carbocycles. The van der Waals surface area contributed by atoms with Gasteiger partial charge in [-0.3, -0.25) is 4.79 Å². The highest BCUT2D eigenvalue weighted by Gasteiger charge is 2.29. The van der Waals surface area contributed by atoms with Gasteiger partial charge in [0.25, 0.3) is 0 Å². The second kappa shape index (κ2) is 9.66. The minimum absolute atomic E-state index is 0.0345. The van der Waals surface area contributed by atoms with Gasteiger partial charge in [-0.25, -0.2) is 4.68 Å². The Morgan fingerprint density at radius 1 is 1.09 bits per heavy atom. The summed E-state index contributed by atoms with van der Waals surface area (Å²) in [6, 6.07) is 15.9. The summed E-state index contributed by atoms with van der Waals surface area (Å²) in [6.07, 6.45) is 1.74. The van der Waals surface area contributed by atoms with Crippen LogP contribution in [0.5, 0.6) is 0 Å². The number of amides is 1. The van der Waals surface area contributed by atoms with Crippen LogP contribution in [0.1, 0.15) is 35.4 Å². The molecule has 1 atom stereocenters. The number of carbonyl (C=O) groups excluding carboxylic acids is 1. The average Bonchev–Trinajstić information content (AvgIpc) is 3.22. The fourth-order valence-electron chi connectivity index (χ4n) is 4.81. The molecule has 5 rings (SSSR count). The van der Waals surface area contributed by atoms with Gasteiger partial charge in [-0.1, -0.05) is 47.5 Å². The topological polar surface area (TPSA) is 75.9 Å². The Kier molecular flexibility index (Phi) is 6.43. The molecular formula is C27H29ClN6O. The molecule has 1 saturated heterocycles. The summed E-state index contributed by atoms with van der Waals surface area (Å²) in [5.41, 5.74) is 5.83. The van der Waals surface area contributed by atoms with Crippen LogP contribution in [0.25, 0.3) is 16.6 Å². The van der Waals surface area contributed by atoms with Crippen molar-refractivity contribution in [3.05, 3.63) is 76.1 Å². The third kappa shape index (κ3) is 4.60. The summed E-state index contributed by atoms with van der Waals surface area (Å²) in [7, 11) is 0. The maximum Gasteiger partial charge on any atom is 0.225 e. The third-order valence-corrected chi connectivity index (χ3v) is 7.13. The predicted molar refractivity (Wildman–Crippen MR) is 139 cm³/mol. The van der Waals surface area contributed by atoms with Crippen LogP contribution >= 0.6 is 11.6 Å². The Morgan fingerprint density at radius 3 is 2.63 bits per heavy atom. The van der Waals surface area contributed by atoms with Gasteiger partial charge in [0.15, 0.2) is 5.82 Å². The summed E-state index contributed by atoms with van der Waals surface area (Å²) in [6.45, 7) is 7.92. The summed E-state index contributed by atoms with van der Waals surface area (Å²) >= 11 is 6.25. The van der Waals surface area contributed by atoms with Crippen molar-refractivity contribution in [2.45, 2.75) is 40.2 Å². The fourth-order valence-corrected chi connectivity index (χ4v) is 5.02. The predicted octanol–water partition coefficient (Wildman–Crippen LogP) is 4.93. The number of nitrogens with zero attached hydrogens (tertiary/aromatic N) is 5. The molecule has 2 aromatic heterocycles. The Balaban J connectivity index is 1.40. The number of hydrogen-bond acceptors (Lipinski definition) is 5. The first-order valence-electron chi connectivity index (χ1n) is 12.0. The summed E-state index contributed by atoms with van der Waals surface area (Å²) in [4.78, 5) is 15.2. The van der Waals surface area contributed by atoms with Crippen molar-refractivity contribution >= 4 is 34.2 Å². The average molecular weight is 489 g/mol. The van der Waals surface area contributed by atoms with Crippen LogP contribution in [0.3, 0.4) is 0 Å². The quantitative estimate of drug-likeness (QED) is 0.431. The van der Waals surface area contributed by atoms with Gasteiger partial charge in [0.05, 0.1) is 28.4 Å². The van der Waals surface area contributed by atoms with Gasteiger partial charge >= 0.3 is 0 Å². The molecule has 0 radical (unpaired) electrons. The van der Waals surface area contributed by atoms with E-state index < -0.39 is 0 Å². The molecule has 1 aliphatic heterocycles. The Labute approximate surface area is 210 Å². The van der Waals surface area contributed by atoms with E-state index in [1.165, 1.54) is 5.56 Å². The molecule has 7 nitrogen and oxygen atoms in total. The van der Waals surface area contributed by atoms with Crippen molar-refractivity contribution in [1.82, 2.24) is 25.3 Å². The highest BCUT2D eigenvalue weighted by atomic mass is 35.5. The summed E-state index contributed by atoms with van der Waals surface area (Å²) < 4.78 is 1.96. The number of aromatic nitrogens is 4. The summed E-state index contributed by atoms with van der Waals surface area (Å²) in [5.74, 6) is 0.639. The number of halogens is 1. The number of piperidine rings is 1. The number of carbonyl (C=O) groups is 1. The van der Waals surface area contributed by atoms with Crippen LogP contribution in [0.2, 0.25) is 5.02 Å². The van der Waals surface area contributed by atoms with E-state index >= 15 is 0 Å². The second-order valence-corrected chi connectivity index (χ2v) is 9.67. The highest BCUT2D eigenvalue weighted by molar-refractivity contribution is 6.31. The van der Waals surface area contributed by atoms with Crippen LogP contribution in [0.15, 0.2) is 48.5 Å². The van der Waals surface area contributed by atoms with Crippen LogP contribution in [0.4, 0.5) is 5.82 Å². The first-order valence-corrected chi connectivity index (χ1v) is 12.4. The van der Waals surface area contributed by atoms with Crippen molar-refractivity contribution in [3.63, 3.8) is 0 Å². The number of nitrogens with one attached hydrogen (secondary N) is 1. The smallest absolute Gasteiger partial charge is 0.225 e. The van der Waals surface area contributed by atoms with Gasteiger partial charge < -0.3 is 10.2 Å². The zero-order valence-electron chi connectivity index (χ0n) is 20.3. The number of benzene rings is 2. The number of fused-ring (bicyclic) bond motifs is 1. The van der Waals surface area contributed by atoms with Crippen molar-refractivity contribution in [2.24, 2.45) is 5.92 Å². The van der Waals surface area contributed by atoms with Crippen molar-refractivity contribution in [2.75, 3.05) is 18.0 Å². The SMILES string of the molecule is Cc1ccc(-n2nc3c(N4CCC[C@@H](C(=O)NCc5ccccc5Cl)C4)nnc(C)c3c2C)cc1. The number of hydrogen-bond donors (Lipinski definition) is 1.